The number of likely N-dealkylation sites (tertiary alicyclic amines) is 2. The minimum absolute atomic E-state index is 0.122. The number of aliphatic hydroxyl groups excluding tert-OH is 1. The van der Waals surface area contributed by atoms with Gasteiger partial charge < -0.3 is 20.0 Å². The Balaban J connectivity index is 2.00. The first kappa shape index (κ1) is 15.1. The highest BCUT2D eigenvalue weighted by Gasteiger charge is 2.41. The van der Waals surface area contributed by atoms with Crippen LogP contribution in [0.25, 0.3) is 0 Å². The van der Waals surface area contributed by atoms with Gasteiger partial charge in [-0.3, -0.25) is 0 Å². The maximum atomic E-state index is 12.4. The molecule has 1 unspecified atom stereocenters. The number of carboxylic acid groups (broad SMARTS) is 1. The molecule has 2 amide bonds. The van der Waals surface area contributed by atoms with E-state index < -0.39 is 18.1 Å². The molecule has 2 atom stereocenters. The van der Waals surface area contributed by atoms with E-state index in [1.54, 1.807) is 4.90 Å². The summed E-state index contributed by atoms with van der Waals surface area (Å²) in [5, 5.41) is 18.8. The largest absolute Gasteiger partial charge is 0.480 e. The van der Waals surface area contributed by atoms with Crippen LogP contribution in [0, 0.1) is 5.41 Å². The lowest BCUT2D eigenvalue weighted by atomic mass is 9.78. The number of amides is 2. The Morgan fingerprint density at radius 2 is 1.90 bits per heavy atom. The van der Waals surface area contributed by atoms with Crippen LogP contribution in [0.1, 0.15) is 39.5 Å². The minimum atomic E-state index is -1.04. The number of carbonyl (C=O) groups excluding carboxylic acids is 1. The van der Waals surface area contributed by atoms with Crippen LogP contribution in [0.3, 0.4) is 0 Å². The van der Waals surface area contributed by atoms with Gasteiger partial charge in [-0.25, -0.2) is 9.59 Å². The molecule has 20 heavy (non-hydrogen) atoms. The van der Waals surface area contributed by atoms with Crippen LogP contribution in [0.5, 0.6) is 0 Å². The average Bonchev–Trinajstić information content (AvgIpc) is 2.81. The molecule has 2 heterocycles. The molecule has 2 rings (SSSR count). The predicted octanol–water partition coefficient (Wildman–Crippen LogP) is 1.14. The number of nitrogens with zero attached hydrogens (tertiary/aromatic N) is 2. The first-order valence-electron chi connectivity index (χ1n) is 7.33. The smallest absolute Gasteiger partial charge is 0.326 e. The van der Waals surface area contributed by atoms with Crippen molar-refractivity contribution in [3.05, 3.63) is 0 Å². The molecule has 0 aromatic rings. The molecule has 2 fully saturated rings. The van der Waals surface area contributed by atoms with Gasteiger partial charge in [-0.05, 0) is 18.3 Å². The van der Waals surface area contributed by atoms with Gasteiger partial charge in [0.2, 0.25) is 0 Å². The van der Waals surface area contributed by atoms with Crippen LogP contribution < -0.4 is 0 Å². The summed E-state index contributed by atoms with van der Waals surface area (Å²) in [5.74, 6) is -1.04. The molecule has 2 saturated heterocycles. The zero-order valence-corrected chi connectivity index (χ0v) is 12.2. The van der Waals surface area contributed by atoms with E-state index in [1.165, 1.54) is 4.90 Å². The van der Waals surface area contributed by atoms with E-state index in [4.69, 9.17) is 5.11 Å². The average molecular weight is 284 g/mol. The number of hydrogen-bond acceptors (Lipinski definition) is 3. The van der Waals surface area contributed by atoms with Crippen LogP contribution in [0.4, 0.5) is 4.79 Å². The van der Waals surface area contributed by atoms with Gasteiger partial charge in [0.15, 0.2) is 0 Å². The quantitative estimate of drug-likeness (QED) is 0.796. The zero-order chi connectivity index (χ0) is 14.9. The third-order valence-electron chi connectivity index (χ3n) is 4.90. The molecule has 6 heteroatoms. The summed E-state index contributed by atoms with van der Waals surface area (Å²) in [6.45, 7) is 5.85. The summed E-state index contributed by atoms with van der Waals surface area (Å²) < 4.78 is 0. The zero-order valence-electron chi connectivity index (χ0n) is 12.2. The van der Waals surface area contributed by atoms with Gasteiger partial charge >= 0.3 is 12.0 Å². The number of carboxylic acids is 1. The van der Waals surface area contributed by atoms with Crippen molar-refractivity contribution in [2.75, 3.05) is 19.6 Å². The number of β-amino-alcohol motifs (C(OH)–C–C–N with tert-alkyl or cyclic N) is 1. The van der Waals surface area contributed by atoms with Crippen molar-refractivity contribution in [1.29, 1.82) is 0 Å². The van der Waals surface area contributed by atoms with E-state index in [-0.39, 0.29) is 24.4 Å². The van der Waals surface area contributed by atoms with Crippen LogP contribution >= 0.6 is 0 Å². The molecule has 2 N–H and O–H groups in total. The number of hydrogen-bond donors (Lipinski definition) is 2. The van der Waals surface area contributed by atoms with Crippen molar-refractivity contribution in [2.45, 2.75) is 51.7 Å². The van der Waals surface area contributed by atoms with Gasteiger partial charge in [0.25, 0.3) is 0 Å². The number of piperidine rings is 1. The van der Waals surface area contributed by atoms with Crippen molar-refractivity contribution < 1.29 is 19.8 Å². The number of aliphatic hydroxyl groups is 1. The molecule has 6 nitrogen and oxygen atoms in total. The number of carbonyl (C=O) groups is 2. The fraction of sp³-hybridized carbons (Fsp3) is 0.857. The van der Waals surface area contributed by atoms with E-state index in [0.717, 1.165) is 19.3 Å². The lowest BCUT2D eigenvalue weighted by Gasteiger charge is -2.40. The molecule has 0 saturated carbocycles. The monoisotopic (exact) mass is 284 g/mol. The SMILES string of the molecule is CCC1(C)CCN(C(=O)N2CC(O)C[C@H]2C(=O)O)CC1. The van der Waals surface area contributed by atoms with E-state index in [1.807, 2.05) is 0 Å². The second-order valence-corrected chi connectivity index (χ2v) is 6.33. The summed E-state index contributed by atoms with van der Waals surface area (Å²) in [6.07, 6.45) is 2.38. The van der Waals surface area contributed by atoms with E-state index in [9.17, 15) is 14.7 Å². The van der Waals surface area contributed by atoms with Crippen molar-refractivity contribution in [1.82, 2.24) is 9.80 Å². The third-order valence-corrected chi connectivity index (χ3v) is 4.90. The highest BCUT2D eigenvalue weighted by atomic mass is 16.4. The Morgan fingerprint density at radius 3 is 2.40 bits per heavy atom. The normalized spacial score (nSPS) is 29.6. The van der Waals surface area contributed by atoms with Crippen LogP contribution in [0.2, 0.25) is 0 Å². The maximum absolute atomic E-state index is 12.4. The van der Waals surface area contributed by atoms with Crippen molar-refractivity contribution in [3.8, 4) is 0 Å². The Labute approximate surface area is 119 Å². The molecule has 0 bridgehead atoms. The molecule has 114 valence electrons. The van der Waals surface area contributed by atoms with Crippen molar-refractivity contribution in [2.24, 2.45) is 5.41 Å². The number of urea groups is 1. The summed E-state index contributed by atoms with van der Waals surface area (Å²) in [4.78, 5) is 26.6. The first-order valence-corrected chi connectivity index (χ1v) is 7.33. The molecule has 2 aliphatic rings. The van der Waals surface area contributed by atoms with Crippen molar-refractivity contribution >= 4 is 12.0 Å². The van der Waals surface area contributed by atoms with Gasteiger partial charge in [-0.15, -0.1) is 0 Å². The Morgan fingerprint density at radius 1 is 1.30 bits per heavy atom. The molecule has 0 aromatic heterocycles. The van der Waals surface area contributed by atoms with Gasteiger partial charge in [0.05, 0.1) is 6.10 Å². The second kappa shape index (κ2) is 5.60. The summed E-state index contributed by atoms with van der Waals surface area (Å²) in [6, 6.07) is -1.14. The lowest BCUT2D eigenvalue weighted by molar-refractivity contribution is -0.141. The topological polar surface area (TPSA) is 81.1 Å². The molecule has 0 aromatic carbocycles. The number of aliphatic carboxylic acids is 1. The van der Waals surface area contributed by atoms with Gasteiger partial charge in [0.1, 0.15) is 6.04 Å². The molecule has 0 spiro atoms. The molecule has 0 aliphatic carbocycles. The van der Waals surface area contributed by atoms with Gasteiger partial charge in [-0.1, -0.05) is 20.3 Å². The molecular formula is C14H24N2O4. The Hall–Kier alpha value is -1.30. The maximum Gasteiger partial charge on any atom is 0.326 e. The predicted molar refractivity (Wildman–Crippen MR) is 73.4 cm³/mol. The fourth-order valence-electron chi connectivity index (χ4n) is 3.03. The summed E-state index contributed by atoms with van der Waals surface area (Å²) >= 11 is 0. The summed E-state index contributed by atoms with van der Waals surface area (Å²) in [5.41, 5.74) is 0.285. The summed E-state index contributed by atoms with van der Waals surface area (Å²) in [7, 11) is 0. The highest BCUT2D eigenvalue weighted by molar-refractivity contribution is 5.83. The molecular weight excluding hydrogens is 260 g/mol. The van der Waals surface area contributed by atoms with E-state index >= 15 is 0 Å². The fourth-order valence-corrected chi connectivity index (χ4v) is 3.03. The van der Waals surface area contributed by atoms with Crippen LogP contribution in [0.15, 0.2) is 0 Å². The number of rotatable bonds is 2. The van der Waals surface area contributed by atoms with Gasteiger partial charge in [0, 0.05) is 26.1 Å². The van der Waals surface area contributed by atoms with E-state index in [0.29, 0.717) is 13.1 Å². The third kappa shape index (κ3) is 2.90. The molecule has 2 aliphatic heterocycles. The van der Waals surface area contributed by atoms with Gasteiger partial charge in [-0.2, -0.15) is 0 Å². The first-order chi connectivity index (χ1) is 9.36. The van der Waals surface area contributed by atoms with Crippen LogP contribution in [-0.4, -0.2) is 63.8 Å². The van der Waals surface area contributed by atoms with Crippen LogP contribution in [-0.2, 0) is 4.79 Å². The Bertz CT molecular complexity index is 391. The highest BCUT2D eigenvalue weighted by Crippen LogP contribution is 2.34. The molecule has 0 radical (unpaired) electrons. The standard InChI is InChI=1S/C14H24N2O4/c1-3-14(2)4-6-15(7-5-14)13(20)16-9-10(17)8-11(16)12(18)19/h10-11,17H,3-9H2,1-2H3,(H,18,19)/t10?,11-/m0/s1. The van der Waals surface area contributed by atoms with E-state index in [2.05, 4.69) is 13.8 Å². The van der Waals surface area contributed by atoms with Crippen molar-refractivity contribution in [3.63, 3.8) is 0 Å². The second-order valence-electron chi connectivity index (χ2n) is 6.33. The Kier molecular flexibility index (Phi) is 4.22. The lowest BCUT2D eigenvalue weighted by Crippen LogP contribution is -2.51. The minimum Gasteiger partial charge on any atom is -0.480 e.